The van der Waals surface area contributed by atoms with Crippen molar-refractivity contribution in [2.45, 2.75) is 32.4 Å². The highest BCUT2D eigenvalue weighted by Gasteiger charge is 2.52. The molecular weight excluding hydrogens is 368 g/mol. The Labute approximate surface area is 169 Å². The third kappa shape index (κ3) is 3.22. The van der Waals surface area contributed by atoms with Crippen LogP contribution in [0.2, 0.25) is 0 Å². The van der Waals surface area contributed by atoms with Gasteiger partial charge in [0.05, 0.1) is 0 Å². The molecule has 142 valence electrons. The lowest BCUT2D eigenvalue weighted by Crippen LogP contribution is -2.43. The third-order valence-electron chi connectivity index (χ3n) is 5.23. The highest BCUT2D eigenvalue weighted by atomic mass is 32.1. The Balaban J connectivity index is 1.64. The molecule has 1 aliphatic rings. The lowest BCUT2D eigenvalue weighted by Gasteiger charge is -2.28. The molecular formula is C23H22N2O2S. The number of carbonyl (C=O) groups is 2. The topological polar surface area (TPSA) is 40.6 Å². The predicted molar refractivity (Wildman–Crippen MR) is 113 cm³/mol. The first-order chi connectivity index (χ1) is 13.5. The number of anilines is 1. The van der Waals surface area contributed by atoms with E-state index in [-0.39, 0.29) is 11.9 Å². The number of nitrogens with zero attached hydrogens (tertiary/aromatic N) is 2. The number of benzene rings is 2. The van der Waals surface area contributed by atoms with Gasteiger partial charge in [-0.15, -0.1) is 11.3 Å². The summed E-state index contributed by atoms with van der Waals surface area (Å²) in [7, 11) is 0. The molecule has 4 nitrogen and oxygen atoms in total. The van der Waals surface area contributed by atoms with Gasteiger partial charge in [0.25, 0.3) is 5.91 Å². The molecule has 0 spiro atoms. The molecule has 0 atom stereocenters. The monoisotopic (exact) mass is 390 g/mol. The first-order valence-corrected chi connectivity index (χ1v) is 10.2. The van der Waals surface area contributed by atoms with Crippen molar-refractivity contribution in [2.24, 2.45) is 0 Å². The summed E-state index contributed by atoms with van der Waals surface area (Å²) in [6, 6.07) is 21.8. The van der Waals surface area contributed by atoms with Crippen LogP contribution in [0.5, 0.6) is 0 Å². The van der Waals surface area contributed by atoms with E-state index in [0.29, 0.717) is 11.5 Å². The van der Waals surface area contributed by atoms with Gasteiger partial charge in [0.2, 0.25) is 0 Å². The third-order valence-corrected chi connectivity index (χ3v) is 6.09. The fourth-order valence-corrected chi connectivity index (χ4v) is 4.28. The van der Waals surface area contributed by atoms with Crippen molar-refractivity contribution in [3.05, 3.63) is 88.8 Å². The summed E-state index contributed by atoms with van der Waals surface area (Å²) in [6.45, 7) is 4.05. The maximum Gasteiger partial charge on any atom is 0.333 e. The number of carbonyl (C=O) groups excluding carboxylic acids is 2. The Kier molecular flexibility index (Phi) is 4.77. The molecule has 1 aromatic heterocycles. The highest BCUT2D eigenvalue weighted by Crippen LogP contribution is 2.35. The van der Waals surface area contributed by atoms with Crippen molar-refractivity contribution in [3.8, 4) is 0 Å². The van der Waals surface area contributed by atoms with E-state index < -0.39 is 5.54 Å². The molecule has 2 aromatic carbocycles. The maximum atomic E-state index is 13.1. The zero-order valence-corrected chi connectivity index (χ0v) is 16.8. The first kappa shape index (κ1) is 18.4. The van der Waals surface area contributed by atoms with Gasteiger partial charge in [0.1, 0.15) is 10.5 Å². The summed E-state index contributed by atoms with van der Waals surface area (Å²) in [5, 5.41) is 2.55. The van der Waals surface area contributed by atoms with E-state index >= 15 is 0 Å². The molecule has 28 heavy (non-hydrogen) atoms. The summed E-state index contributed by atoms with van der Waals surface area (Å²) in [5.74, 6) is -0.180. The molecule has 5 heteroatoms. The second-order valence-corrected chi connectivity index (χ2v) is 8.38. The van der Waals surface area contributed by atoms with E-state index in [0.717, 1.165) is 12.0 Å². The van der Waals surface area contributed by atoms with Crippen LogP contribution in [0.4, 0.5) is 9.80 Å². The van der Waals surface area contributed by atoms with Crippen molar-refractivity contribution in [1.82, 2.24) is 4.90 Å². The maximum absolute atomic E-state index is 13.1. The normalized spacial score (nSPS) is 16.1. The van der Waals surface area contributed by atoms with Gasteiger partial charge in [-0.25, -0.2) is 9.69 Å². The molecule has 0 aliphatic carbocycles. The molecule has 0 N–H and O–H groups in total. The summed E-state index contributed by atoms with van der Waals surface area (Å²) < 4.78 is 0. The molecule has 1 fully saturated rings. The van der Waals surface area contributed by atoms with Gasteiger partial charge in [-0.1, -0.05) is 54.6 Å². The van der Waals surface area contributed by atoms with Gasteiger partial charge in [0.15, 0.2) is 0 Å². The van der Waals surface area contributed by atoms with Gasteiger partial charge >= 0.3 is 6.03 Å². The quantitative estimate of drug-likeness (QED) is 0.570. The average molecular weight is 391 g/mol. The Morgan fingerprint density at radius 2 is 1.54 bits per heavy atom. The number of imide groups is 1. The molecule has 3 aromatic rings. The van der Waals surface area contributed by atoms with Crippen LogP contribution in [-0.2, 0) is 17.8 Å². The van der Waals surface area contributed by atoms with Crippen LogP contribution in [-0.4, -0.2) is 22.4 Å². The number of thiophene rings is 1. The van der Waals surface area contributed by atoms with Crippen LogP contribution in [0.15, 0.2) is 72.1 Å². The number of amides is 3. The summed E-state index contributed by atoms with van der Waals surface area (Å²) in [5.41, 5.74) is 2.56. The van der Waals surface area contributed by atoms with Crippen LogP contribution in [0.25, 0.3) is 0 Å². The zero-order valence-electron chi connectivity index (χ0n) is 16.0. The second-order valence-electron chi connectivity index (χ2n) is 7.45. The van der Waals surface area contributed by atoms with Gasteiger partial charge in [0, 0.05) is 6.54 Å². The summed E-state index contributed by atoms with van der Waals surface area (Å²) in [6.07, 6.45) is 0.794. The molecule has 0 bridgehead atoms. The fourth-order valence-electron chi connectivity index (χ4n) is 3.56. The molecule has 1 aliphatic heterocycles. The molecule has 4 rings (SSSR count). The first-order valence-electron chi connectivity index (χ1n) is 9.29. The molecule has 2 heterocycles. The number of rotatable bonds is 5. The van der Waals surface area contributed by atoms with Crippen molar-refractivity contribution in [2.75, 3.05) is 4.90 Å². The minimum Gasteiger partial charge on any atom is -0.305 e. The Hall–Kier alpha value is -2.92. The van der Waals surface area contributed by atoms with Gasteiger partial charge in [-0.2, -0.15) is 0 Å². The largest absolute Gasteiger partial charge is 0.333 e. The number of hydrogen-bond donors (Lipinski definition) is 0. The van der Waals surface area contributed by atoms with Crippen molar-refractivity contribution < 1.29 is 9.59 Å². The van der Waals surface area contributed by atoms with Crippen LogP contribution in [0, 0.1) is 0 Å². The van der Waals surface area contributed by atoms with Gasteiger partial charge in [-0.3, -0.25) is 4.79 Å². The van der Waals surface area contributed by atoms with E-state index in [9.17, 15) is 9.59 Å². The van der Waals surface area contributed by atoms with E-state index in [1.165, 1.54) is 27.4 Å². The van der Waals surface area contributed by atoms with E-state index in [1.54, 1.807) is 4.90 Å². The lowest BCUT2D eigenvalue weighted by atomic mass is 9.97. The SMILES string of the molecule is CC1(C)C(=O)N(c2cccs2)C(=O)N1Cc1ccccc1Cc1ccccc1. The van der Waals surface area contributed by atoms with E-state index in [2.05, 4.69) is 18.2 Å². The molecule has 0 saturated carbocycles. The fraction of sp³-hybridized carbons (Fsp3) is 0.217. The molecule has 0 radical (unpaired) electrons. The van der Waals surface area contributed by atoms with Crippen LogP contribution >= 0.6 is 11.3 Å². The highest BCUT2D eigenvalue weighted by molar-refractivity contribution is 7.14. The lowest BCUT2D eigenvalue weighted by molar-refractivity contribution is -0.123. The van der Waals surface area contributed by atoms with Gasteiger partial charge in [-0.05, 0) is 54.5 Å². The molecule has 3 amide bonds. The standard InChI is InChI=1S/C23H22N2O2S/c1-23(2)21(26)25(20-13-8-14-28-20)22(27)24(23)16-19-12-7-6-11-18(19)15-17-9-4-3-5-10-17/h3-14H,15-16H2,1-2H3. The predicted octanol–water partition coefficient (Wildman–Crippen LogP) is 5.09. The average Bonchev–Trinajstić information content (AvgIpc) is 3.26. The van der Waals surface area contributed by atoms with Crippen LogP contribution < -0.4 is 4.90 Å². The molecule has 0 unspecified atom stereocenters. The number of urea groups is 1. The molecule has 1 saturated heterocycles. The van der Waals surface area contributed by atoms with E-state index in [4.69, 9.17) is 0 Å². The summed E-state index contributed by atoms with van der Waals surface area (Å²) in [4.78, 5) is 29.1. The Bertz CT molecular complexity index is 996. The van der Waals surface area contributed by atoms with Crippen LogP contribution in [0.1, 0.15) is 30.5 Å². The Morgan fingerprint density at radius 3 is 2.21 bits per heavy atom. The van der Waals surface area contributed by atoms with Crippen molar-refractivity contribution >= 4 is 28.3 Å². The minimum atomic E-state index is -0.888. The summed E-state index contributed by atoms with van der Waals surface area (Å²) >= 11 is 1.40. The van der Waals surface area contributed by atoms with Crippen molar-refractivity contribution in [1.29, 1.82) is 0 Å². The zero-order chi connectivity index (χ0) is 19.7. The van der Waals surface area contributed by atoms with Gasteiger partial charge < -0.3 is 4.90 Å². The van der Waals surface area contributed by atoms with Crippen molar-refractivity contribution in [3.63, 3.8) is 0 Å². The Morgan fingerprint density at radius 1 is 0.857 bits per heavy atom. The van der Waals surface area contributed by atoms with E-state index in [1.807, 2.05) is 67.8 Å². The second kappa shape index (κ2) is 7.24. The number of hydrogen-bond acceptors (Lipinski definition) is 3. The minimum absolute atomic E-state index is 0.180. The smallest absolute Gasteiger partial charge is 0.305 e. The van der Waals surface area contributed by atoms with Crippen LogP contribution in [0.3, 0.4) is 0 Å².